The van der Waals surface area contributed by atoms with Gasteiger partial charge < -0.3 is 25.8 Å². The number of hydrogen-bond donors (Lipinski definition) is 3. The van der Waals surface area contributed by atoms with E-state index in [-0.39, 0.29) is 5.91 Å². The van der Waals surface area contributed by atoms with Crippen LogP contribution in [0.3, 0.4) is 0 Å². The molecule has 1 aliphatic rings. The van der Waals surface area contributed by atoms with Gasteiger partial charge in [0.15, 0.2) is 0 Å². The first kappa shape index (κ1) is 19.9. The van der Waals surface area contributed by atoms with Crippen molar-refractivity contribution in [3.63, 3.8) is 0 Å². The number of anilines is 3. The standard InChI is InChI=1S/C20H27N5O3/c1-22-18-5-4-15(13-17(18)21)28-16-6-7-23-19(14-16)24-20(26)3-2-8-25-9-11-27-12-10-25/h4-7,13-14,22H,2-3,8-12,21H2,1H3,(H,23,24,26). The van der Waals surface area contributed by atoms with Crippen LogP contribution >= 0.6 is 0 Å². The molecule has 2 aromatic rings. The predicted octanol–water partition coefficient (Wildman–Crippen LogP) is 2.55. The number of ether oxygens (including phenoxy) is 2. The van der Waals surface area contributed by atoms with E-state index in [1.165, 1.54) is 0 Å². The van der Waals surface area contributed by atoms with Crippen molar-refractivity contribution < 1.29 is 14.3 Å². The molecule has 0 unspecified atom stereocenters. The van der Waals surface area contributed by atoms with Gasteiger partial charge in [0, 0.05) is 44.9 Å². The summed E-state index contributed by atoms with van der Waals surface area (Å²) >= 11 is 0. The van der Waals surface area contributed by atoms with Crippen molar-refractivity contribution >= 4 is 23.1 Å². The maximum atomic E-state index is 12.2. The van der Waals surface area contributed by atoms with Gasteiger partial charge in [0.05, 0.1) is 24.6 Å². The van der Waals surface area contributed by atoms with Gasteiger partial charge >= 0.3 is 0 Å². The summed E-state index contributed by atoms with van der Waals surface area (Å²) in [6.07, 6.45) is 2.86. The molecule has 1 aromatic heterocycles. The number of nitrogens with one attached hydrogen (secondary N) is 2. The molecule has 0 spiro atoms. The Kier molecular flexibility index (Phi) is 7.05. The molecule has 0 radical (unpaired) electrons. The van der Waals surface area contributed by atoms with E-state index in [4.69, 9.17) is 15.2 Å². The first-order valence-corrected chi connectivity index (χ1v) is 9.45. The van der Waals surface area contributed by atoms with Crippen LogP contribution < -0.4 is 21.1 Å². The van der Waals surface area contributed by atoms with Gasteiger partial charge in [-0.3, -0.25) is 9.69 Å². The van der Waals surface area contributed by atoms with Crippen molar-refractivity contribution in [2.24, 2.45) is 0 Å². The summed E-state index contributed by atoms with van der Waals surface area (Å²) in [5.41, 5.74) is 7.40. The number of carbonyl (C=O) groups excluding carboxylic acids is 1. The number of nitrogens with zero attached hydrogens (tertiary/aromatic N) is 2. The summed E-state index contributed by atoms with van der Waals surface area (Å²) in [6.45, 7) is 4.31. The topological polar surface area (TPSA) is 102 Å². The van der Waals surface area contributed by atoms with Crippen molar-refractivity contribution in [2.75, 3.05) is 56.3 Å². The van der Waals surface area contributed by atoms with E-state index in [1.54, 1.807) is 24.4 Å². The molecular formula is C20H27N5O3. The molecule has 0 atom stereocenters. The zero-order valence-corrected chi connectivity index (χ0v) is 16.1. The Balaban J connectivity index is 1.49. The second-order valence-electron chi connectivity index (χ2n) is 6.58. The Bertz CT molecular complexity index is 793. The van der Waals surface area contributed by atoms with Gasteiger partial charge in [-0.2, -0.15) is 0 Å². The lowest BCUT2D eigenvalue weighted by molar-refractivity contribution is -0.116. The molecule has 2 heterocycles. The molecule has 1 aromatic carbocycles. The number of nitrogen functional groups attached to an aromatic ring is 1. The highest BCUT2D eigenvalue weighted by Gasteiger charge is 2.11. The molecule has 8 heteroatoms. The zero-order valence-electron chi connectivity index (χ0n) is 16.1. The summed E-state index contributed by atoms with van der Waals surface area (Å²) in [6, 6.07) is 8.85. The lowest BCUT2D eigenvalue weighted by atomic mass is 10.2. The van der Waals surface area contributed by atoms with Crippen LogP contribution in [-0.4, -0.2) is 55.7 Å². The number of rotatable bonds is 8. The normalized spacial score (nSPS) is 14.5. The third-order valence-corrected chi connectivity index (χ3v) is 4.51. The molecule has 1 saturated heterocycles. The summed E-state index contributed by atoms with van der Waals surface area (Å²) in [5, 5.41) is 5.83. The summed E-state index contributed by atoms with van der Waals surface area (Å²) in [4.78, 5) is 18.7. The quantitative estimate of drug-likeness (QED) is 0.600. The fourth-order valence-electron chi connectivity index (χ4n) is 3.00. The van der Waals surface area contributed by atoms with Crippen molar-refractivity contribution in [3.05, 3.63) is 36.5 Å². The van der Waals surface area contributed by atoms with Gasteiger partial charge in [0.1, 0.15) is 17.3 Å². The molecule has 4 N–H and O–H groups in total. The molecule has 1 fully saturated rings. The zero-order chi connectivity index (χ0) is 19.8. The van der Waals surface area contributed by atoms with Gasteiger partial charge in [0.25, 0.3) is 0 Å². The molecule has 28 heavy (non-hydrogen) atoms. The number of morpholine rings is 1. The molecule has 8 nitrogen and oxygen atoms in total. The number of hydrogen-bond acceptors (Lipinski definition) is 7. The Hall–Kier alpha value is -2.84. The largest absolute Gasteiger partial charge is 0.457 e. The van der Waals surface area contributed by atoms with Crippen molar-refractivity contribution in [2.45, 2.75) is 12.8 Å². The van der Waals surface area contributed by atoms with Gasteiger partial charge in [-0.15, -0.1) is 0 Å². The predicted molar refractivity (Wildman–Crippen MR) is 110 cm³/mol. The second-order valence-corrected chi connectivity index (χ2v) is 6.58. The van der Waals surface area contributed by atoms with E-state index in [0.29, 0.717) is 29.4 Å². The van der Waals surface area contributed by atoms with Gasteiger partial charge in [0.2, 0.25) is 5.91 Å². The van der Waals surface area contributed by atoms with E-state index in [1.807, 2.05) is 19.2 Å². The Morgan fingerprint density at radius 2 is 2.04 bits per heavy atom. The molecule has 0 aliphatic carbocycles. The SMILES string of the molecule is CNc1ccc(Oc2ccnc(NC(=O)CCCN3CCOCC3)c2)cc1N. The van der Waals surface area contributed by atoms with Crippen LogP contribution in [0.4, 0.5) is 17.2 Å². The van der Waals surface area contributed by atoms with Gasteiger partial charge in [-0.05, 0) is 31.2 Å². The third-order valence-electron chi connectivity index (χ3n) is 4.51. The molecule has 1 amide bonds. The number of benzene rings is 1. The first-order valence-electron chi connectivity index (χ1n) is 9.45. The lowest BCUT2D eigenvalue weighted by Gasteiger charge is -2.26. The lowest BCUT2D eigenvalue weighted by Crippen LogP contribution is -2.37. The maximum Gasteiger partial charge on any atom is 0.225 e. The monoisotopic (exact) mass is 385 g/mol. The second kappa shape index (κ2) is 9.91. The number of carbonyl (C=O) groups is 1. The molecule has 3 rings (SSSR count). The highest BCUT2D eigenvalue weighted by Crippen LogP contribution is 2.28. The first-order chi connectivity index (χ1) is 13.6. The van der Waals surface area contributed by atoms with Crippen molar-refractivity contribution in [3.8, 4) is 11.5 Å². The highest BCUT2D eigenvalue weighted by atomic mass is 16.5. The molecule has 0 saturated carbocycles. The van der Waals surface area contributed by atoms with Crippen LogP contribution in [0.25, 0.3) is 0 Å². The van der Waals surface area contributed by atoms with Gasteiger partial charge in [-0.1, -0.05) is 0 Å². The Labute approximate surface area is 165 Å². The molecular weight excluding hydrogens is 358 g/mol. The van der Waals surface area contributed by atoms with E-state index >= 15 is 0 Å². The fraction of sp³-hybridized carbons (Fsp3) is 0.400. The Morgan fingerprint density at radius 1 is 1.25 bits per heavy atom. The highest BCUT2D eigenvalue weighted by molar-refractivity contribution is 5.89. The van der Waals surface area contributed by atoms with Crippen molar-refractivity contribution in [1.29, 1.82) is 0 Å². The molecule has 150 valence electrons. The average Bonchev–Trinajstić information content (AvgIpc) is 2.69. The van der Waals surface area contributed by atoms with Crippen LogP contribution in [0.5, 0.6) is 11.5 Å². The van der Waals surface area contributed by atoms with E-state index in [9.17, 15) is 4.79 Å². The summed E-state index contributed by atoms with van der Waals surface area (Å²) < 4.78 is 11.2. The van der Waals surface area contributed by atoms with Gasteiger partial charge in [-0.25, -0.2) is 4.98 Å². The minimum absolute atomic E-state index is 0.0551. The van der Waals surface area contributed by atoms with E-state index < -0.39 is 0 Å². The van der Waals surface area contributed by atoms with Crippen LogP contribution in [0.1, 0.15) is 12.8 Å². The summed E-state index contributed by atoms with van der Waals surface area (Å²) in [5.74, 6) is 1.61. The van der Waals surface area contributed by atoms with Crippen LogP contribution in [0, 0.1) is 0 Å². The van der Waals surface area contributed by atoms with Crippen LogP contribution in [0.2, 0.25) is 0 Å². The molecule has 0 bridgehead atoms. The fourth-order valence-corrected chi connectivity index (χ4v) is 3.00. The smallest absolute Gasteiger partial charge is 0.225 e. The third kappa shape index (κ3) is 5.83. The van der Waals surface area contributed by atoms with Crippen molar-refractivity contribution in [1.82, 2.24) is 9.88 Å². The minimum atomic E-state index is -0.0551. The van der Waals surface area contributed by atoms with Crippen LogP contribution in [-0.2, 0) is 9.53 Å². The number of amides is 1. The average molecular weight is 385 g/mol. The van der Waals surface area contributed by atoms with E-state index in [2.05, 4.69) is 20.5 Å². The number of aromatic nitrogens is 1. The van der Waals surface area contributed by atoms with Crippen LogP contribution in [0.15, 0.2) is 36.5 Å². The van der Waals surface area contributed by atoms with E-state index in [0.717, 1.165) is 45.0 Å². The number of pyridine rings is 1. The minimum Gasteiger partial charge on any atom is -0.457 e. The molecule has 1 aliphatic heterocycles. The Morgan fingerprint density at radius 3 is 2.79 bits per heavy atom. The summed E-state index contributed by atoms with van der Waals surface area (Å²) in [7, 11) is 1.81. The number of nitrogens with two attached hydrogens (primary N) is 1. The maximum absolute atomic E-state index is 12.2.